The molecule has 0 spiro atoms. The standard InChI is InChI=1S/C30H56O5P2/c1-10-29(11-2)30(9,37(32,33)34)36(31,35-12-3)24-16-23-28(8)22-15-21-27(7)20-14-19-26(6)18-13-17-25(4)5/h17,19,21,23,29H,10-16,18,20,22,24H2,1-9H3,(H2,32,33,34). The molecule has 5 nitrogen and oxygen atoms in total. The van der Waals surface area contributed by atoms with E-state index in [0.717, 1.165) is 38.5 Å². The SMILES string of the molecule is CCOP(=O)(CCC=C(C)CCC=C(C)CCC=C(C)CCC=C(C)C)C(C)(C(CC)CC)P(=O)(O)O. The van der Waals surface area contributed by atoms with Crippen LogP contribution in [-0.2, 0) is 13.7 Å². The molecule has 0 aromatic heterocycles. The van der Waals surface area contributed by atoms with Crippen LogP contribution in [0, 0.1) is 5.92 Å². The van der Waals surface area contributed by atoms with Gasteiger partial charge in [0.25, 0.3) is 0 Å². The van der Waals surface area contributed by atoms with Gasteiger partial charge < -0.3 is 14.3 Å². The fraction of sp³-hybridized carbons (Fsp3) is 0.733. The van der Waals surface area contributed by atoms with Crippen LogP contribution in [0.5, 0.6) is 0 Å². The molecule has 216 valence electrons. The van der Waals surface area contributed by atoms with Crippen molar-refractivity contribution in [2.45, 2.75) is 125 Å². The topological polar surface area (TPSA) is 83.8 Å². The molecule has 2 N–H and O–H groups in total. The van der Waals surface area contributed by atoms with Crippen LogP contribution in [0.15, 0.2) is 46.6 Å². The maximum atomic E-state index is 14.0. The highest BCUT2D eigenvalue weighted by Crippen LogP contribution is 2.76. The Bertz CT molecular complexity index is 886. The summed E-state index contributed by atoms with van der Waals surface area (Å²) in [6.07, 6.45) is 16.9. The van der Waals surface area contributed by atoms with Gasteiger partial charge in [0.1, 0.15) is 4.90 Å². The third kappa shape index (κ3) is 12.3. The molecule has 2 atom stereocenters. The smallest absolute Gasteiger partial charge is 0.328 e. The minimum atomic E-state index is -4.67. The molecule has 0 aliphatic carbocycles. The van der Waals surface area contributed by atoms with Gasteiger partial charge in [0.05, 0.1) is 6.61 Å². The van der Waals surface area contributed by atoms with Crippen LogP contribution in [-0.4, -0.2) is 27.5 Å². The number of hydrogen-bond donors (Lipinski definition) is 2. The molecule has 0 amide bonds. The zero-order valence-electron chi connectivity index (χ0n) is 25.2. The summed E-state index contributed by atoms with van der Waals surface area (Å²) in [7, 11) is -8.28. The second-order valence-electron chi connectivity index (χ2n) is 10.8. The van der Waals surface area contributed by atoms with E-state index >= 15 is 0 Å². The van der Waals surface area contributed by atoms with Crippen LogP contribution in [0.2, 0.25) is 0 Å². The third-order valence-electron chi connectivity index (χ3n) is 7.45. The van der Waals surface area contributed by atoms with E-state index in [0.29, 0.717) is 19.3 Å². The summed E-state index contributed by atoms with van der Waals surface area (Å²) < 4.78 is 32.3. The Hall–Kier alpha value is -0.700. The fourth-order valence-corrected chi connectivity index (χ4v) is 10.4. The van der Waals surface area contributed by atoms with Crippen molar-refractivity contribution in [3.63, 3.8) is 0 Å². The van der Waals surface area contributed by atoms with Crippen molar-refractivity contribution in [2.75, 3.05) is 12.8 Å². The largest absolute Gasteiger partial charge is 0.341 e. The van der Waals surface area contributed by atoms with Gasteiger partial charge in [0, 0.05) is 6.16 Å². The molecule has 0 aromatic rings. The summed E-state index contributed by atoms with van der Waals surface area (Å²) in [5, 5.41) is 0. The van der Waals surface area contributed by atoms with Crippen LogP contribution >= 0.6 is 15.0 Å². The van der Waals surface area contributed by atoms with Gasteiger partial charge >= 0.3 is 7.60 Å². The third-order valence-corrected chi connectivity index (χ3v) is 14.0. The van der Waals surface area contributed by atoms with Gasteiger partial charge in [-0.2, -0.15) is 0 Å². The molecule has 7 heteroatoms. The number of allylic oxidation sites excluding steroid dienone is 8. The first-order valence-corrected chi connectivity index (χ1v) is 17.5. The predicted octanol–water partition coefficient (Wildman–Crippen LogP) is 10.2. The molecular formula is C30H56O5P2. The molecule has 0 saturated heterocycles. The lowest BCUT2D eigenvalue weighted by Crippen LogP contribution is -2.36. The van der Waals surface area contributed by atoms with Gasteiger partial charge in [-0.05, 0) is 99.3 Å². The Balaban J connectivity index is 5.04. The van der Waals surface area contributed by atoms with E-state index in [1.807, 2.05) is 13.8 Å². The minimum absolute atomic E-state index is 0.143. The molecule has 0 bridgehead atoms. The normalized spacial score (nSPS) is 17.0. The number of rotatable bonds is 19. The van der Waals surface area contributed by atoms with Gasteiger partial charge in [-0.15, -0.1) is 0 Å². The summed E-state index contributed by atoms with van der Waals surface area (Å²) >= 11 is 0. The van der Waals surface area contributed by atoms with E-state index in [9.17, 15) is 18.9 Å². The Morgan fingerprint density at radius 3 is 1.51 bits per heavy atom. The van der Waals surface area contributed by atoms with Crippen LogP contribution in [0.1, 0.15) is 120 Å². The lowest BCUT2D eigenvalue weighted by atomic mass is 9.99. The molecule has 0 rings (SSSR count). The molecule has 0 heterocycles. The zero-order chi connectivity index (χ0) is 28.7. The van der Waals surface area contributed by atoms with E-state index in [1.165, 1.54) is 29.2 Å². The van der Waals surface area contributed by atoms with Crippen molar-refractivity contribution in [3.8, 4) is 0 Å². The molecule has 0 aliphatic heterocycles. The Morgan fingerprint density at radius 2 is 1.16 bits per heavy atom. The molecule has 0 radical (unpaired) electrons. The Kier molecular flexibility index (Phi) is 17.5. The van der Waals surface area contributed by atoms with Gasteiger partial charge in [0.2, 0.25) is 7.37 Å². The first-order valence-electron chi connectivity index (χ1n) is 14.1. The predicted molar refractivity (Wildman–Crippen MR) is 162 cm³/mol. The van der Waals surface area contributed by atoms with Crippen molar-refractivity contribution in [1.29, 1.82) is 0 Å². The molecule has 0 saturated carbocycles. The second-order valence-corrected chi connectivity index (χ2v) is 16.2. The van der Waals surface area contributed by atoms with Crippen LogP contribution < -0.4 is 0 Å². The summed E-state index contributed by atoms with van der Waals surface area (Å²) in [4.78, 5) is 18.9. The van der Waals surface area contributed by atoms with Gasteiger partial charge in [-0.25, -0.2) is 0 Å². The van der Waals surface area contributed by atoms with Gasteiger partial charge in [0.15, 0.2) is 0 Å². The molecule has 0 aromatic carbocycles. The van der Waals surface area contributed by atoms with Crippen molar-refractivity contribution < 1.29 is 23.4 Å². The van der Waals surface area contributed by atoms with Crippen molar-refractivity contribution in [3.05, 3.63) is 46.6 Å². The molecule has 0 aliphatic rings. The maximum absolute atomic E-state index is 14.0. The Labute approximate surface area is 228 Å². The van der Waals surface area contributed by atoms with E-state index in [4.69, 9.17) is 4.52 Å². The van der Waals surface area contributed by atoms with Crippen LogP contribution in [0.3, 0.4) is 0 Å². The highest BCUT2D eigenvalue weighted by atomic mass is 31.2. The molecule has 37 heavy (non-hydrogen) atoms. The first kappa shape index (κ1) is 36.3. The highest BCUT2D eigenvalue weighted by Gasteiger charge is 2.60. The van der Waals surface area contributed by atoms with Gasteiger partial charge in [-0.3, -0.25) is 9.13 Å². The van der Waals surface area contributed by atoms with Crippen molar-refractivity contribution in [1.82, 2.24) is 0 Å². The fourth-order valence-electron chi connectivity index (χ4n) is 4.87. The van der Waals surface area contributed by atoms with Gasteiger partial charge in [-0.1, -0.05) is 73.3 Å². The summed E-state index contributed by atoms with van der Waals surface area (Å²) in [6.45, 7) is 17.9. The van der Waals surface area contributed by atoms with Crippen molar-refractivity contribution >= 4 is 15.0 Å². The average molecular weight is 559 g/mol. The van der Waals surface area contributed by atoms with E-state index in [1.54, 1.807) is 6.92 Å². The lowest BCUT2D eigenvalue weighted by Gasteiger charge is -2.42. The highest BCUT2D eigenvalue weighted by molar-refractivity contribution is 7.76. The second kappa shape index (κ2) is 17.8. The van der Waals surface area contributed by atoms with E-state index in [-0.39, 0.29) is 18.7 Å². The van der Waals surface area contributed by atoms with E-state index < -0.39 is 19.9 Å². The van der Waals surface area contributed by atoms with Crippen LogP contribution in [0.25, 0.3) is 0 Å². The molecule has 2 unspecified atom stereocenters. The zero-order valence-corrected chi connectivity index (χ0v) is 27.0. The lowest BCUT2D eigenvalue weighted by molar-refractivity contribution is 0.269. The molecule has 0 fully saturated rings. The van der Waals surface area contributed by atoms with Crippen molar-refractivity contribution in [2.24, 2.45) is 5.92 Å². The molecular weight excluding hydrogens is 502 g/mol. The number of hydrogen-bond acceptors (Lipinski definition) is 3. The Morgan fingerprint density at radius 1 is 0.757 bits per heavy atom. The summed E-state index contributed by atoms with van der Waals surface area (Å²) in [6, 6.07) is 0. The van der Waals surface area contributed by atoms with E-state index in [2.05, 4.69) is 58.9 Å². The maximum Gasteiger partial charge on any atom is 0.341 e. The van der Waals surface area contributed by atoms with Crippen LogP contribution in [0.4, 0.5) is 0 Å². The first-order chi connectivity index (χ1) is 17.2. The minimum Gasteiger partial charge on any atom is -0.328 e. The summed E-state index contributed by atoms with van der Waals surface area (Å²) in [5.74, 6) is -0.375. The summed E-state index contributed by atoms with van der Waals surface area (Å²) in [5.41, 5.74) is 5.42. The average Bonchev–Trinajstić information content (AvgIpc) is 2.78. The quantitative estimate of drug-likeness (QED) is 0.122. The monoisotopic (exact) mass is 558 g/mol.